The molecule has 2 heterocycles. The molecule has 7 nitrogen and oxygen atoms in total. The van der Waals surface area contributed by atoms with E-state index in [1.807, 2.05) is 30.3 Å². The molecule has 2 saturated heterocycles. The van der Waals surface area contributed by atoms with Gasteiger partial charge in [-0.15, -0.1) is 0 Å². The predicted octanol–water partition coefficient (Wildman–Crippen LogP) is 2.03. The van der Waals surface area contributed by atoms with Crippen molar-refractivity contribution in [1.29, 1.82) is 0 Å². The van der Waals surface area contributed by atoms with Gasteiger partial charge in [0.15, 0.2) is 0 Å². The van der Waals surface area contributed by atoms with Gasteiger partial charge in [-0.2, -0.15) is 10.1 Å². The molecule has 2 aliphatic rings. The van der Waals surface area contributed by atoms with Crippen molar-refractivity contribution in [1.82, 2.24) is 9.91 Å². The largest absolute Gasteiger partial charge is 0.507 e. The number of cyclic esters (lactones) is 1. The highest BCUT2D eigenvalue weighted by atomic mass is 16.6. The van der Waals surface area contributed by atoms with Crippen LogP contribution < -0.4 is 0 Å². The van der Waals surface area contributed by atoms with Crippen LogP contribution >= 0.6 is 0 Å². The number of hydrazone groups is 1. The lowest BCUT2D eigenvalue weighted by Crippen LogP contribution is -2.41. The fraction of sp³-hybridized carbons (Fsp3) is 0.368. The van der Waals surface area contributed by atoms with Crippen LogP contribution in [0.15, 0.2) is 41.5 Å². The summed E-state index contributed by atoms with van der Waals surface area (Å²) in [7, 11) is 0. The summed E-state index contributed by atoms with van der Waals surface area (Å²) in [4.78, 5) is 14.3. The lowest BCUT2D eigenvalue weighted by atomic mass is 10.0. The number of benzene rings is 2. The summed E-state index contributed by atoms with van der Waals surface area (Å²) in [5.74, 6) is 0.130. The molecule has 0 spiro atoms. The Morgan fingerprint density at radius 2 is 2.00 bits per heavy atom. The number of aromatic hydroxyl groups is 1. The summed E-state index contributed by atoms with van der Waals surface area (Å²) in [6, 6.07) is 11.2. The zero-order chi connectivity index (χ0) is 17.9. The van der Waals surface area contributed by atoms with Gasteiger partial charge < -0.3 is 14.6 Å². The highest BCUT2D eigenvalue weighted by Gasteiger charge is 2.32. The minimum Gasteiger partial charge on any atom is -0.507 e. The molecular weight excluding hydrogens is 334 g/mol. The van der Waals surface area contributed by atoms with Crippen molar-refractivity contribution in [3.05, 3.63) is 42.0 Å². The third kappa shape index (κ3) is 3.49. The lowest BCUT2D eigenvalue weighted by molar-refractivity contribution is 0.0188. The van der Waals surface area contributed by atoms with Gasteiger partial charge in [0.05, 0.1) is 26.0 Å². The van der Waals surface area contributed by atoms with Gasteiger partial charge in [0.2, 0.25) is 0 Å². The van der Waals surface area contributed by atoms with Crippen LogP contribution in [0.25, 0.3) is 10.8 Å². The summed E-state index contributed by atoms with van der Waals surface area (Å²) in [6.45, 7) is 4.20. The van der Waals surface area contributed by atoms with E-state index in [2.05, 4.69) is 10.0 Å². The van der Waals surface area contributed by atoms with Crippen molar-refractivity contribution < 1.29 is 19.4 Å². The number of morpholine rings is 1. The van der Waals surface area contributed by atoms with Crippen LogP contribution in [0.5, 0.6) is 5.75 Å². The molecule has 26 heavy (non-hydrogen) atoms. The third-order valence-electron chi connectivity index (χ3n) is 4.69. The molecule has 2 fully saturated rings. The average molecular weight is 355 g/mol. The van der Waals surface area contributed by atoms with Gasteiger partial charge in [0.1, 0.15) is 11.9 Å². The summed E-state index contributed by atoms with van der Waals surface area (Å²) in [6.07, 6.45) is 0.855. The number of phenolic OH excluding ortho intramolecular Hbond substituents is 1. The number of carbonyl (C=O) groups excluding carboxylic acids is 1. The molecule has 2 aromatic rings. The van der Waals surface area contributed by atoms with Crippen LogP contribution in [0, 0.1) is 0 Å². The van der Waals surface area contributed by atoms with Gasteiger partial charge in [-0.25, -0.2) is 4.79 Å². The van der Waals surface area contributed by atoms with Crippen molar-refractivity contribution in [2.45, 2.75) is 6.10 Å². The lowest BCUT2D eigenvalue weighted by Gasteiger charge is -2.27. The Bertz CT molecular complexity index is 833. The van der Waals surface area contributed by atoms with Gasteiger partial charge in [0, 0.05) is 25.2 Å². The van der Waals surface area contributed by atoms with Crippen LogP contribution in [0.4, 0.5) is 4.79 Å². The Balaban J connectivity index is 1.47. The maximum absolute atomic E-state index is 12.1. The van der Waals surface area contributed by atoms with Gasteiger partial charge in [-0.05, 0) is 16.8 Å². The second-order valence-electron chi connectivity index (χ2n) is 6.46. The molecule has 0 bridgehead atoms. The molecule has 1 N–H and O–H groups in total. The van der Waals surface area contributed by atoms with Crippen LogP contribution in [0.2, 0.25) is 0 Å². The van der Waals surface area contributed by atoms with Crippen LogP contribution in [0.3, 0.4) is 0 Å². The zero-order valence-corrected chi connectivity index (χ0v) is 14.4. The average Bonchev–Trinajstić information content (AvgIpc) is 3.01. The maximum atomic E-state index is 12.1. The van der Waals surface area contributed by atoms with Crippen molar-refractivity contribution in [2.24, 2.45) is 5.10 Å². The Kier molecular flexibility index (Phi) is 4.73. The monoisotopic (exact) mass is 355 g/mol. The van der Waals surface area contributed by atoms with Crippen molar-refractivity contribution in [3.8, 4) is 5.75 Å². The van der Waals surface area contributed by atoms with Crippen LogP contribution in [-0.2, 0) is 9.47 Å². The molecule has 0 saturated carbocycles. The van der Waals surface area contributed by atoms with Gasteiger partial charge in [0.25, 0.3) is 0 Å². The minimum absolute atomic E-state index is 0.130. The van der Waals surface area contributed by atoms with Crippen LogP contribution in [0.1, 0.15) is 5.56 Å². The van der Waals surface area contributed by atoms with Gasteiger partial charge >= 0.3 is 6.09 Å². The summed E-state index contributed by atoms with van der Waals surface area (Å²) in [5.41, 5.74) is 0.590. The Hall–Kier alpha value is -2.64. The Labute approximate surface area is 151 Å². The fourth-order valence-electron chi connectivity index (χ4n) is 3.32. The number of rotatable bonds is 4. The highest BCUT2D eigenvalue weighted by Crippen LogP contribution is 2.26. The summed E-state index contributed by atoms with van der Waals surface area (Å²) in [5, 5.41) is 17.6. The van der Waals surface area contributed by atoms with E-state index in [0.29, 0.717) is 31.9 Å². The van der Waals surface area contributed by atoms with Crippen molar-refractivity contribution in [2.75, 3.05) is 39.4 Å². The van der Waals surface area contributed by atoms with E-state index in [0.717, 1.165) is 23.9 Å². The smallest absolute Gasteiger partial charge is 0.430 e. The Morgan fingerprint density at radius 3 is 2.85 bits per heavy atom. The second-order valence-corrected chi connectivity index (χ2v) is 6.46. The molecule has 0 unspecified atom stereocenters. The van der Waals surface area contributed by atoms with E-state index in [4.69, 9.17) is 9.47 Å². The van der Waals surface area contributed by atoms with E-state index >= 15 is 0 Å². The van der Waals surface area contributed by atoms with Gasteiger partial charge in [-0.1, -0.05) is 30.3 Å². The number of hydrogen-bond acceptors (Lipinski definition) is 6. The van der Waals surface area contributed by atoms with E-state index in [-0.39, 0.29) is 11.9 Å². The molecule has 0 radical (unpaired) electrons. The molecule has 1 amide bonds. The van der Waals surface area contributed by atoms with E-state index in [1.165, 1.54) is 11.2 Å². The number of ether oxygens (including phenoxy) is 2. The molecule has 2 aliphatic heterocycles. The first-order valence-corrected chi connectivity index (χ1v) is 8.73. The normalized spacial score (nSPS) is 21.6. The fourth-order valence-corrected chi connectivity index (χ4v) is 3.32. The van der Waals surface area contributed by atoms with Crippen LogP contribution in [-0.4, -0.2) is 72.8 Å². The highest BCUT2D eigenvalue weighted by molar-refractivity contribution is 6.02. The molecule has 0 aromatic heterocycles. The first kappa shape index (κ1) is 16.8. The molecular formula is C19H21N3O4. The molecule has 136 valence electrons. The number of fused-ring (bicyclic) bond motifs is 1. The topological polar surface area (TPSA) is 74.6 Å². The quantitative estimate of drug-likeness (QED) is 0.850. The first-order chi connectivity index (χ1) is 12.7. The Morgan fingerprint density at radius 1 is 1.19 bits per heavy atom. The van der Waals surface area contributed by atoms with E-state index < -0.39 is 6.09 Å². The minimum atomic E-state index is -0.459. The molecule has 2 aromatic carbocycles. The van der Waals surface area contributed by atoms with Crippen molar-refractivity contribution in [3.63, 3.8) is 0 Å². The molecule has 1 atom stereocenters. The standard InChI is InChI=1S/C19H21N3O4/c23-18-6-5-14-3-1-2-4-16(14)17(18)11-20-22-13-15(26-19(22)24)12-21-7-9-25-10-8-21/h1-6,11,15,23H,7-10,12-13H2/b20-11+/t15-/m0/s1. The third-order valence-corrected chi connectivity index (χ3v) is 4.69. The number of carbonyl (C=O) groups is 1. The number of nitrogens with zero attached hydrogens (tertiary/aromatic N) is 3. The molecule has 7 heteroatoms. The summed E-state index contributed by atoms with van der Waals surface area (Å²) >= 11 is 0. The van der Waals surface area contributed by atoms with Gasteiger partial charge in [-0.3, -0.25) is 4.90 Å². The molecule has 4 rings (SSSR count). The van der Waals surface area contributed by atoms with E-state index in [1.54, 1.807) is 6.07 Å². The van der Waals surface area contributed by atoms with Crippen molar-refractivity contribution >= 4 is 23.1 Å². The number of amides is 1. The number of hydrogen-bond donors (Lipinski definition) is 1. The zero-order valence-electron chi connectivity index (χ0n) is 14.4. The predicted molar refractivity (Wildman–Crippen MR) is 97.4 cm³/mol. The maximum Gasteiger partial charge on any atom is 0.430 e. The number of phenols is 1. The second kappa shape index (κ2) is 7.31. The first-order valence-electron chi connectivity index (χ1n) is 8.73. The van der Waals surface area contributed by atoms with E-state index in [9.17, 15) is 9.90 Å². The summed E-state index contributed by atoms with van der Waals surface area (Å²) < 4.78 is 10.7. The SMILES string of the molecule is O=C1O[C@@H](CN2CCOCC2)CN1/N=C/c1c(O)ccc2ccccc12. The molecule has 0 aliphatic carbocycles.